The first-order chi connectivity index (χ1) is 39.6. The zero-order valence-electron chi connectivity index (χ0n) is 44.8. The van der Waals surface area contributed by atoms with Crippen LogP contribution in [0.3, 0.4) is 0 Å². The molecule has 22 nitrogen and oxygen atoms in total. The third kappa shape index (κ3) is 13.5. The first kappa shape index (κ1) is 54.3. The molecule has 4 N–H and O–H groups in total. The number of anilines is 4. The van der Waals surface area contributed by atoms with Crippen molar-refractivity contribution in [1.29, 1.82) is 0 Å². The molecular weight excluding hydrogens is 1080 g/mol. The summed E-state index contributed by atoms with van der Waals surface area (Å²) in [6, 6.07) is 38.3. The van der Waals surface area contributed by atoms with Gasteiger partial charge in [0, 0.05) is 83.4 Å². The van der Waals surface area contributed by atoms with Crippen molar-refractivity contribution < 1.29 is 35.1 Å². The van der Waals surface area contributed by atoms with E-state index in [-0.39, 0.29) is 11.5 Å². The summed E-state index contributed by atoms with van der Waals surface area (Å²) < 4.78 is 72.9. The summed E-state index contributed by atoms with van der Waals surface area (Å²) in [7, 11) is -6.02. The Morgan fingerprint density at radius 3 is 1.37 bits per heavy atom. The summed E-state index contributed by atoms with van der Waals surface area (Å²) in [6.45, 7) is 5.57. The van der Waals surface area contributed by atoms with Gasteiger partial charge in [-0.3, -0.25) is 0 Å². The van der Waals surface area contributed by atoms with Gasteiger partial charge in [-0.25, -0.2) is 55.8 Å². The molecule has 0 saturated heterocycles. The Kier molecular flexibility index (Phi) is 15.6. The van der Waals surface area contributed by atoms with Crippen molar-refractivity contribution in [3.63, 3.8) is 0 Å². The molecule has 0 spiro atoms. The Morgan fingerprint density at radius 1 is 0.488 bits per heavy atom. The number of nitrogens with zero attached hydrogens (tertiary/aromatic N) is 10. The number of fused-ring (bicyclic) bond motifs is 4. The molecule has 0 atom stereocenters. The van der Waals surface area contributed by atoms with Crippen molar-refractivity contribution >= 4 is 75.8 Å². The van der Waals surface area contributed by atoms with E-state index in [4.69, 9.17) is 18.3 Å². The van der Waals surface area contributed by atoms with E-state index in [1.807, 2.05) is 135 Å². The van der Waals surface area contributed by atoms with Crippen molar-refractivity contribution in [2.75, 3.05) is 47.7 Å². The first-order valence-electron chi connectivity index (χ1n) is 25.8. The Bertz CT molecular complexity index is 4220. The Balaban J connectivity index is 0.000000172. The SMILES string of the molecule is Cc1cc(Nc2ncnc3ccc(-c4ccc(CNCCS(C)(=O)=O)o4)cc23)ccc1Oc1ccn2ncnc2c1.Cc1cc(Nc2ncnc3ccc(-c4ccc(CNCCS(C)(=O)=O)o4)cc23)ccc1Oc1ccn2ncnc2c1. The van der Waals surface area contributed by atoms with Crippen LogP contribution in [-0.4, -0.2) is 103 Å². The molecule has 0 radical (unpaired) electrons. The monoisotopic (exact) mass is 1140 g/mol. The van der Waals surface area contributed by atoms with Gasteiger partial charge in [0.1, 0.15) is 103 Å². The van der Waals surface area contributed by atoms with Crippen LogP contribution in [0.5, 0.6) is 23.0 Å². The third-order valence-electron chi connectivity index (χ3n) is 12.9. The number of ether oxygens (including phenoxy) is 2. The second-order valence-electron chi connectivity index (χ2n) is 19.3. The lowest BCUT2D eigenvalue weighted by molar-refractivity contribution is 0.478. The maximum atomic E-state index is 11.3. The fourth-order valence-electron chi connectivity index (χ4n) is 8.74. The molecule has 8 heterocycles. The smallest absolute Gasteiger partial charge is 0.158 e. The van der Waals surface area contributed by atoms with E-state index in [1.165, 1.54) is 37.8 Å². The molecule has 0 aliphatic rings. The maximum Gasteiger partial charge on any atom is 0.158 e. The predicted molar refractivity (Wildman–Crippen MR) is 312 cm³/mol. The van der Waals surface area contributed by atoms with Crippen LogP contribution < -0.4 is 30.7 Å². The maximum absolute atomic E-state index is 11.3. The summed E-state index contributed by atoms with van der Waals surface area (Å²) in [5.41, 5.74) is 8.36. The topological polar surface area (TPSA) is 273 Å². The van der Waals surface area contributed by atoms with Crippen LogP contribution in [0.25, 0.3) is 55.7 Å². The third-order valence-corrected chi connectivity index (χ3v) is 14.8. The minimum absolute atomic E-state index is 0.0799. The molecule has 0 amide bonds. The molecule has 416 valence electrons. The predicted octanol–water partition coefficient (Wildman–Crippen LogP) is 9.82. The molecule has 0 bridgehead atoms. The lowest BCUT2D eigenvalue weighted by Gasteiger charge is -2.13. The number of rotatable bonds is 20. The standard InChI is InChI=1S/2C29H27N7O4S/c2*1-19-13-21(4-7-26(19)39-22-9-11-36-28(15-22)32-18-34-36)35-29-24-14-20(3-6-25(24)31-17-33-29)27-8-5-23(40-27)16-30-10-12-41(2,37)38/h2*3-9,11,13-15,17-18,30H,10,12,16H2,1-2H3,(H,31,33,35). The Hall–Kier alpha value is -9.62. The van der Waals surface area contributed by atoms with Crippen molar-refractivity contribution in [2.45, 2.75) is 26.9 Å². The largest absolute Gasteiger partial charge is 0.460 e. The molecule has 12 aromatic rings. The van der Waals surface area contributed by atoms with E-state index >= 15 is 0 Å². The molecule has 4 aromatic carbocycles. The zero-order chi connectivity index (χ0) is 56.8. The number of furan rings is 2. The number of nitrogens with one attached hydrogen (secondary N) is 4. The van der Waals surface area contributed by atoms with Crippen LogP contribution >= 0.6 is 0 Å². The van der Waals surface area contributed by atoms with Crippen molar-refractivity contribution in [2.24, 2.45) is 0 Å². The number of sulfone groups is 2. The number of benzene rings is 4. The Morgan fingerprint density at radius 2 is 0.939 bits per heavy atom. The number of hydrogen-bond donors (Lipinski definition) is 4. The highest BCUT2D eigenvalue weighted by Crippen LogP contribution is 2.35. The van der Waals surface area contributed by atoms with E-state index in [0.717, 1.165) is 78.5 Å². The van der Waals surface area contributed by atoms with Gasteiger partial charge in [0.25, 0.3) is 0 Å². The minimum Gasteiger partial charge on any atom is -0.460 e. The van der Waals surface area contributed by atoms with E-state index in [0.29, 0.717) is 72.1 Å². The lowest BCUT2D eigenvalue weighted by atomic mass is 10.1. The van der Waals surface area contributed by atoms with Gasteiger partial charge in [-0.05, 0) is 134 Å². The summed E-state index contributed by atoms with van der Waals surface area (Å²) in [6.07, 6.45) is 12.1. The van der Waals surface area contributed by atoms with Gasteiger partial charge < -0.3 is 39.6 Å². The summed E-state index contributed by atoms with van der Waals surface area (Å²) in [4.78, 5) is 26.2. The quantitative estimate of drug-likeness (QED) is 0.0517. The molecular formula is C58H54N14O8S2. The summed E-state index contributed by atoms with van der Waals surface area (Å²) >= 11 is 0. The molecule has 0 unspecified atom stereocenters. The number of hydrogen-bond acceptors (Lipinski definition) is 20. The fraction of sp³-hybridized carbons (Fsp3) is 0.172. The highest BCUT2D eigenvalue weighted by Gasteiger charge is 2.15. The van der Waals surface area contributed by atoms with Crippen LogP contribution in [-0.2, 0) is 32.8 Å². The van der Waals surface area contributed by atoms with Gasteiger partial charge in [0.15, 0.2) is 11.3 Å². The van der Waals surface area contributed by atoms with Crippen LogP contribution in [0.1, 0.15) is 22.6 Å². The molecule has 12 rings (SSSR count). The molecule has 24 heteroatoms. The summed E-state index contributed by atoms with van der Waals surface area (Å²) in [5.74, 6) is 7.13. The van der Waals surface area contributed by atoms with Gasteiger partial charge in [0.2, 0.25) is 0 Å². The summed E-state index contributed by atoms with van der Waals surface area (Å²) in [5, 5.41) is 22.9. The normalized spacial score (nSPS) is 11.8. The molecule has 8 aromatic heterocycles. The van der Waals surface area contributed by atoms with E-state index in [9.17, 15) is 16.8 Å². The van der Waals surface area contributed by atoms with Gasteiger partial charge in [-0.1, -0.05) is 0 Å². The van der Waals surface area contributed by atoms with Crippen molar-refractivity contribution in [1.82, 2.24) is 59.8 Å². The second kappa shape index (κ2) is 23.6. The van der Waals surface area contributed by atoms with E-state index in [1.54, 1.807) is 21.4 Å². The first-order valence-corrected chi connectivity index (χ1v) is 29.9. The van der Waals surface area contributed by atoms with Crippen molar-refractivity contribution in [3.8, 4) is 45.6 Å². The van der Waals surface area contributed by atoms with Gasteiger partial charge in [0.05, 0.1) is 35.6 Å². The van der Waals surface area contributed by atoms with Gasteiger partial charge >= 0.3 is 0 Å². The van der Waals surface area contributed by atoms with E-state index < -0.39 is 19.7 Å². The van der Waals surface area contributed by atoms with Crippen molar-refractivity contribution in [3.05, 3.63) is 182 Å². The molecule has 0 aliphatic carbocycles. The highest BCUT2D eigenvalue weighted by molar-refractivity contribution is 7.90. The number of aromatic nitrogens is 10. The average Bonchev–Trinajstić information content (AvgIpc) is 4.38. The number of aryl methyl sites for hydroxylation is 2. The number of pyridine rings is 2. The van der Waals surface area contributed by atoms with Crippen LogP contribution in [0, 0.1) is 13.8 Å². The highest BCUT2D eigenvalue weighted by atomic mass is 32.2. The van der Waals surface area contributed by atoms with Gasteiger partial charge in [-0.15, -0.1) is 0 Å². The zero-order valence-corrected chi connectivity index (χ0v) is 46.4. The van der Waals surface area contributed by atoms with Crippen LogP contribution in [0.15, 0.2) is 168 Å². The lowest BCUT2D eigenvalue weighted by Crippen LogP contribution is -2.21. The van der Waals surface area contributed by atoms with Crippen LogP contribution in [0.2, 0.25) is 0 Å². The average molecular weight is 1140 g/mol. The second-order valence-corrected chi connectivity index (χ2v) is 23.8. The molecule has 0 saturated carbocycles. The molecule has 0 aliphatic heterocycles. The van der Waals surface area contributed by atoms with Gasteiger partial charge in [-0.2, -0.15) is 10.2 Å². The van der Waals surface area contributed by atoms with E-state index in [2.05, 4.69) is 61.4 Å². The van der Waals surface area contributed by atoms with Crippen LogP contribution in [0.4, 0.5) is 23.0 Å². The fourth-order valence-corrected chi connectivity index (χ4v) is 9.77. The Labute approximate surface area is 470 Å². The molecule has 0 fully saturated rings. The molecule has 82 heavy (non-hydrogen) atoms. The minimum atomic E-state index is -3.01.